The van der Waals surface area contributed by atoms with Crippen molar-refractivity contribution in [3.05, 3.63) is 69.9 Å². The van der Waals surface area contributed by atoms with Crippen molar-refractivity contribution in [1.82, 2.24) is 15.6 Å². The molecule has 0 saturated heterocycles. The van der Waals surface area contributed by atoms with Gasteiger partial charge in [-0.3, -0.25) is 20.0 Å². The molecule has 1 heterocycles. The number of rotatable bonds is 6. The van der Waals surface area contributed by atoms with Gasteiger partial charge in [0.15, 0.2) is 11.5 Å². The molecular formula is C18H15N5O5. The monoisotopic (exact) mass is 381 g/mol. The van der Waals surface area contributed by atoms with E-state index < -0.39 is 10.8 Å². The van der Waals surface area contributed by atoms with E-state index in [1.54, 1.807) is 18.2 Å². The number of hydrogen-bond donors (Lipinski definition) is 3. The van der Waals surface area contributed by atoms with Crippen LogP contribution in [0.5, 0.6) is 11.5 Å². The first-order valence-corrected chi connectivity index (χ1v) is 7.98. The highest BCUT2D eigenvalue weighted by Crippen LogP contribution is 2.25. The van der Waals surface area contributed by atoms with Crippen LogP contribution >= 0.6 is 0 Å². The maximum Gasteiger partial charge on any atom is 0.289 e. The quantitative estimate of drug-likeness (QED) is 0.340. The van der Waals surface area contributed by atoms with Crippen LogP contribution in [0.15, 0.2) is 53.6 Å². The summed E-state index contributed by atoms with van der Waals surface area (Å²) in [6.45, 7) is 0. The maximum atomic E-state index is 12.2. The van der Waals surface area contributed by atoms with E-state index in [1.807, 2.05) is 0 Å². The van der Waals surface area contributed by atoms with Crippen molar-refractivity contribution in [2.75, 3.05) is 7.11 Å². The summed E-state index contributed by atoms with van der Waals surface area (Å²) in [6.07, 6.45) is 1.39. The number of H-pyrrole nitrogens is 1. The summed E-state index contributed by atoms with van der Waals surface area (Å²) in [5.74, 6) is -0.258. The van der Waals surface area contributed by atoms with Crippen LogP contribution in [-0.4, -0.2) is 39.5 Å². The molecule has 0 atom stereocenters. The topological polar surface area (TPSA) is 143 Å². The van der Waals surface area contributed by atoms with E-state index in [9.17, 15) is 20.0 Å². The number of ether oxygens (including phenoxy) is 1. The van der Waals surface area contributed by atoms with Gasteiger partial charge in [-0.15, -0.1) is 0 Å². The van der Waals surface area contributed by atoms with E-state index in [4.69, 9.17) is 4.74 Å². The van der Waals surface area contributed by atoms with Gasteiger partial charge in [0.25, 0.3) is 11.6 Å². The second-order valence-corrected chi connectivity index (χ2v) is 5.60. The normalized spacial score (nSPS) is 10.8. The minimum atomic E-state index is -0.536. The number of nitrogens with zero attached hydrogens (tertiary/aromatic N) is 3. The molecule has 3 N–H and O–H groups in total. The second kappa shape index (κ2) is 7.99. The summed E-state index contributed by atoms with van der Waals surface area (Å²) in [6, 6.07) is 12.0. The minimum absolute atomic E-state index is 0.00479. The average Bonchev–Trinajstić information content (AvgIpc) is 3.19. The number of aromatic hydroxyl groups is 1. The predicted octanol–water partition coefficient (Wildman–Crippen LogP) is 2.46. The summed E-state index contributed by atoms with van der Waals surface area (Å²) >= 11 is 0. The lowest BCUT2D eigenvalue weighted by molar-refractivity contribution is -0.384. The number of carbonyl (C=O) groups excluding carboxylic acids is 1. The molecule has 0 aliphatic heterocycles. The van der Waals surface area contributed by atoms with Crippen molar-refractivity contribution < 1.29 is 19.6 Å². The number of nitro groups is 1. The Morgan fingerprint density at radius 2 is 2.14 bits per heavy atom. The van der Waals surface area contributed by atoms with Gasteiger partial charge in [0.05, 0.1) is 23.9 Å². The van der Waals surface area contributed by atoms with Crippen molar-refractivity contribution in [3.63, 3.8) is 0 Å². The summed E-state index contributed by atoms with van der Waals surface area (Å²) < 4.78 is 5.00. The fraction of sp³-hybridized carbons (Fsp3) is 0.0556. The standard InChI is InChI=1S/C18H15N5O5/c1-28-17-7-11(5-6-16(17)24)10-19-22-18(25)15-9-14(20-21-15)12-3-2-4-13(8-12)23(26)27/h2-10,24H,1H3,(H,20,21)(H,22,25). The van der Waals surface area contributed by atoms with Crippen LogP contribution in [-0.2, 0) is 0 Å². The highest BCUT2D eigenvalue weighted by Gasteiger charge is 2.13. The molecule has 10 nitrogen and oxygen atoms in total. The van der Waals surface area contributed by atoms with Gasteiger partial charge in [-0.2, -0.15) is 10.2 Å². The third kappa shape index (κ3) is 4.12. The van der Waals surface area contributed by atoms with E-state index in [-0.39, 0.29) is 22.9 Å². The number of phenols is 1. The van der Waals surface area contributed by atoms with Gasteiger partial charge in [0.2, 0.25) is 0 Å². The van der Waals surface area contributed by atoms with E-state index in [0.29, 0.717) is 16.8 Å². The minimum Gasteiger partial charge on any atom is -0.504 e. The molecule has 0 unspecified atom stereocenters. The number of hydrazone groups is 1. The number of amides is 1. The van der Waals surface area contributed by atoms with Crippen LogP contribution in [0.2, 0.25) is 0 Å². The van der Waals surface area contributed by atoms with E-state index in [0.717, 1.165) is 0 Å². The van der Waals surface area contributed by atoms with Crippen molar-refractivity contribution >= 4 is 17.8 Å². The van der Waals surface area contributed by atoms with Gasteiger partial charge < -0.3 is 9.84 Å². The fourth-order valence-electron chi connectivity index (χ4n) is 2.36. The molecule has 0 saturated carbocycles. The summed E-state index contributed by atoms with van der Waals surface area (Å²) in [4.78, 5) is 22.5. The van der Waals surface area contributed by atoms with Crippen molar-refractivity contribution in [1.29, 1.82) is 0 Å². The molecule has 0 radical (unpaired) electrons. The van der Waals surface area contributed by atoms with Crippen molar-refractivity contribution in [2.24, 2.45) is 5.10 Å². The molecule has 0 spiro atoms. The molecule has 1 amide bonds. The Hall–Kier alpha value is -4.21. The number of carbonyl (C=O) groups is 1. The number of nitrogens with one attached hydrogen (secondary N) is 2. The maximum absolute atomic E-state index is 12.2. The Balaban J connectivity index is 1.69. The molecule has 3 aromatic rings. The molecule has 0 aliphatic rings. The summed E-state index contributed by atoms with van der Waals surface area (Å²) in [5.41, 5.74) is 3.92. The number of methoxy groups -OCH3 is 1. The van der Waals surface area contributed by atoms with Gasteiger partial charge >= 0.3 is 0 Å². The average molecular weight is 381 g/mol. The lowest BCUT2D eigenvalue weighted by Crippen LogP contribution is -2.18. The van der Waals surface area contributed by atoms with Crippen LogP contribution in [0.1, 0.15) is 16.1 Å². The second-order valence-electron chi connectivity index (χ2n) is 5.60. The zero-order chi connectivity index (χ0) is 20.1. The van der Waals surface area contributed by atoms with Crippen LogP contribution < -0.4 is 10.2 Å². The molecule has 28 heavy (non-hydrogen) atoms. The number of nitro benzene ring substituents is 1. The van der Waals surface area contributed by atoms with Gasteiger partial charge in [0.1, 0.15) is 5.69 Å². The molecule has 2 aromatic carbocycles. The summed E-state index contributed by atoms with van der Waals surface area (Å²) in [7, 11) is 1.43. The number of aromatic nitrogens is 2. The molecule has 0 bridgehead atoms. The number of hydrogen-bond acceptors (Lipinski definition) is 7. The highest BCUT2D eigenvalue weighted by molar-refractivity contribution is 5.94. The number of benzene rings is 2. The van der Waals surface area contributed by atoms with Crippen LogP contribution in [0.4, 0.5) is 5.69 Å². The number of phenolic OH excluding ortho intramolecular Hbond substituents is 1. The molecule has 10 heteroatoms. The number of non-ortho nitro benzene ring substituents is 1. The van der Waals surface area contributed by atoms with Gasteiger partial charge in [-0.05, 0) is 29.8 Å². The zero-order valence-corrected chi connectivity index (χ0v) is 14.6. The predicted molar refractivity (Wildman–Crippen MR) is 100 cm³/mol. The third-order valence-corrected chi connectivity index (χ3v) is 3.76. The Morgan fingerprint density at radius 3 is 2.89 bits per heavy atom. The smallest absolute Gasteiger partial charge is 0.289 e. The van der Waals surface area contributed by atoms with E-state index in [1.165, 1.54) is 43.7 Å². The van der Waals surface area contributed by atoms with Crippen molar-refractivity contribution in [2.45, 2.75) is 0 Å². The Kier molecular flexibility index (Phi) is 5.30. The van der Waals surface area contributed by atoms with Crippen molar-refractivity contribution in [3.8, 4) is 22.8 Å². The lowest BCUT2D eigenvalue weighted by atomic mass is 10.1. The van der Waals surface area contributed by atoms with Gasteiger partial charge in [-0.25, -0.2) is 5.43 Å². The third-order valence-electron chi connectivity index (χ3n) is 3.76. The first-order valence-electron chi connectivity index (χ1n) is 7.98. The van der Waals surface area contributed by atoms with Crippen LogP contribution in [0, 0.1) is 10.1 Å². The number of aromatic amines is 1. The van der Waals surface area contributed by atoms with E-state index >= 15 is 0 Å². The SMILES string of the molecule is COc1cc(C=NNC(=O)c2cc(-c3cccc([N+](=O)[O-])c3)n[nH]2)ccc1O. The molecule has 0 aliphatic carbocycles. The zero-order valence-electron chi connectivity index (χ0n) is 14.6. The highest BCUT2D eigenvalue weighted by atomic mass is 16.6. The molecular weight excluding hydrogens is 366 g/mol. The molecule has 3 rings (SSSR count). The lowest BCUT2D eigenvalue weighted by Gasteiger charge is -2.03. The largest absolute Gasteiger partial charge is 0.504 e. The molecule has 0 fully saturated rings. The van der Waals surface area contributed by atoms with Crippen LogP contribution in [0.3, 0.4) is 0 Å². The van der Waals surface area contributed by atoms with Gasteiger partial charge in [-0.1, -0.05) is 12.1 Å². The Labute approximate surface area is 158 Å². The van der Waals surface area contributed by atoms with Gasteiger partial charge in [0, 0.05) is 17.7 Å². The van der Waals surface area contributed by atoms with E-state index in [2.05, 4.69) is 20.7 Å². The fourth-order valence-corrected chi connectivity index (χ4v) is 2.36. The van der Waals surface area contributed by atoms with Crippen LogP contribution in [0.25, 0.3) is 11.3 Å². The molecule has 142 valence electrons. The first kappa shape index (κ1) is 18.6. The summed E-state index contributed by atoms with van der Waals surface area (Å²) in [5, 5.41) is 30.8. The first-order chi connectivity index (χ1) is 13.5. The molecule has 1 aromatic heterocycles. The Morgan fingerprint density at radius 1 is 1.32 bits per heavy atom. The Bertz CT molecular complexity index is 1060.